The van der Waals surface area contributed by atoms with Crippen molar-refractivity contribution in [1.29, 1.82) is 0 Å². The predicted molar refractivity (Wildman–Crippen MR) is 86.7 cm³/mol. The highest BCUT2D eigenvalue weighted by atomic mass is 19.1. The first-order valence-electron chi connectivity index (χ1n) is 8.00. The summed E-state index contributed by atoms with van der Waals surface area (Å²) in [5, 5.41) is 4.02. The summed E-state index contributed by atoms with van der Waals surface area (Å²) in [5.74, 6) is -2.08. The van der Waals surface area contributed by atoms with Crippen molar-refractivity contribution in [3.8, 4) is 11.3 Å². The van der Waals surface area contributed by atoms with Gasteiger partial charge in [-0.15, -0.1) is 0 Å². The molecule has 26 heavy (non-hydrogen) atoms. The fourth-order valence-corrected chi connectivity index (χ4v) is 3.05. The molecule has 132 valence electrons. The molecule has 2 heterocycles. The van der Waals surface area contributed by atoms with E-state index in [2.05, 4.69) is 5.16 Å². The van der Waals surface area contributed by atoms with Crippen molar-refractivity contribution < 1.29 is 22.5 Å². The Labute approximate surface area is 146 Å². The maximum Gasteiger partial charge on any atom is 0.257 e. The van der Waals surface area contributed by atoms with Crippen molar-refractivity contribution in [1.82, 2.24) is 10.1 Å². The second-order valence-corrected chi connectivity index (χ2v) is 6.04. The first kappa shape index (κ1) is 16.4. The number of hydrogen-bond acceptors (Lipinski definition) is 3. The lowest BCUT2D eigenvalue weighted by molar-refractivity contribution is 0.0729. The number of benzene rings is 2. The van der Waals surface area contributed by atoms with Gasteiger partial charge in [-0.3, -0.25) is 4.79 Å². The van der Waals surface area contributed by atoms with Crippen molar-refractivity contribution in [2.45, 2.75) is 13.0 Å². The molecular formula is C19H13F3N2O2. The normalized spacial score (nSPS) is 13.6. The average molecular weight is 358 g/mol. The van der Waals surface area contributed by atoms with E-state index in [4.69, 9.17) is 4.52 Å². The van der Waals surface area contributed by atoms with E-state index in [-0.39, 0.29) is 17.9 Å². The minimum Gasteiger partial charge on any atom is -0.356 e. The lowest BCUT2D eigenvalue weighted by Crippen LogP contribution is -2.36. The molecule has 0 fully saturated rings. The van der Waals surface area contributed by atoms with E-state index in [1.54, 1.807) is 12.1 Å². The summed E-state index contributed by atoms with van der Waals surface area (Å²) in [4.78, 5) is 14.1. The Balaban J connectivity index is 1.64. The number of halogens is 3. The molecule has 0 aliphatic carbocycles. The van der Waals surface area contributed by atoms with Gasteiger partial charge >= 0.3 is 0 Å². The Bertz CT molecular complexity index is 983. The fraction of sp³-hybridized carbons (Fsp3) is 0.158. The van der Waals surface area contributed by atoms with Crippen LogP contribution in [0.5, 0.6) is 0 Å². The van der Waals surface area contributed by atoms with Crippen LogP contribution in [-0.4, -0.2) is 22.5 Å². The standard InChI is InChI=1S/C19H13F3N2O2/c20-12-3-1-11(2-4-12)18-15-10-24(8-7-17(15)23-26-18)19(25)14-6-5-13(21)9-16(14)22/h1-6,9H,7-8,10H2. The number of carbonyl (C=O) groups excluding carboxylic acids is 1. The number of amides is 1. The molecule has 0 radical (unpaired) electrons. The SMILES string of the molecule is O=C(c1ccc(F)cc1F)N1CCc2noc(-c3ccc(F)cc3)c2C1. The average Bonchev–Trinajstić information content (AvgIpc) is 3.05. The Morgan fingerprint density at radius 2 is 1.77 bits per heavy atom. The van der Waals surface area contributed by atoms with E-state index in [9.17, 15) is 18.0 Å². The van der Waals surface area contributed by atoms with Gasteiger partial charge in [0.2, 0.25) is 0 Å². The maximum atomic E-state index is 13.9. The summed E-state index contributed by atoms with van der Waals surface area (Å²) in [6.45, 7) is 0.527. The Morgan fingerprint density at radius 1 is 1.04 bits per heavy atom. The van der Waals surface area contributed by atoms with E-state index >= 15 is 0 Å². The Kier molecular flexibility index (Phi) is 3.99. The molecule has 2 aromatic carbocycles. The number of rotatable bonds is 2. The predicted octanol–water partition coefficient (Wildman–Crippen LogP) is 3.96. The molecule has 4 nitrogen and oxygen atoms in total. The number of aromatic nitrogens is 1. The van der Waals surface area contributed by atoms with Crippen molar-refractivity contribution in [2.75, 3.05) is 6.54 Å². The molecule has 0 bridgehead atoms. The Hall–Kier alpha value is -3.09. The number of carbonyl (C=O) groups is 1. The van der Waals surface area contributed by atoms with Gasteiger partial charge in [0, 0.05) is 30.2 Å². The van der Waals surface area contributed by atoms with Gasteiger partial charge in [-0.1, -0.05) is 5.16 Å². The fourth-order valence-electron chi connectivity index (χ4n) is 3.05. The summed E-state index contributed by atoms with van der Waals surface area (Å²) in [6, 6.07) is 8.62. The van der Waals surface area contributed by atoms with Crippen molar-refractivity contribution in [3.63, 3.8) is 0 Å². The smallest absolute Gasteiger partial charge is 0.257 e. The summed E-state index contributed by atoms with van der Waals surface area (Å²) < 4.78 is 45.5. The second-order valence-electron chi connectivity index (χ2n) is 6.04. The highest BCUT2D eigenvalue weighted by Gasteiger charge is 2.29. The number of hydrogen-bond donors (Lipinski definition) is 0. The zero-order valence-electron chi connectivity index (χ0n) is 13.5. The molecule has 0 saturated heterocycles. The number of fused-ring (bicyclic) bond motifs is 1. The zero-order chi connectivity index (χ0) is 18.3. The molecule has 0 N–H and O–H groups in total. The quantitative estimate of drug-likeness (QED) is 0.697. The van der Waals surface area contributed by atoms with Gasteiger partial charge < -0.3 is 9.42 Å². The van der Waals surface area contributed by atoms with Crippen molar-refractivity contribution >= 4 is 5.91 Å². The molecule has 1 aliphatic heterocycles. The van der Waals surface area contributed by atoms with E-state index < -0.39 is 17.5 Å². The third-order valence-electron chi connectivity index (χ3n) is 4.39. The van der Waals surface area contributed by atoms with E-state index in [1.165, 1.54) is 17.0 Å². The summed E-state index contributed by atoms with van der Waals surface area (Å²) in [6.07, 6.45) is 0.453. The third kappa shape index (κ3) is 2.85. The molecule has 0 atom stereocenters. The van der Waals surface area contributed by atoms with E-state index in [0.717, 1.165) is 12.1 Å². The minimum absolute atomic E-state index is 0.182. The van der Waals surface area contributed by atoms with Gasteiger partial charge in [0.15, 0.2) is 5.76 Å². The summed E-state index contributed by atoms with van der Waals surface area (Å²) in [5.41, 5.74) is 1.88. The van der Waals surface area contributed by atoms with Crippen LogP contribution in [0.25, 0.3) is 11.3 Å². The highest BCUT2D eigenvalue weighted by Crippen LogP contribution is 2.31. The monoisotopic (exact) mass is 358 g/mol. The molecule has 0 spiro atoms. The number of nitrogens with zero attached hydrogens (tertiary/aromatic N) is 2. The lowest BCUT2D eigenvalue weighted by Gasteiger charge is -2.26. The van der Waals surface area contributed by atoms with Gasteiger partial charge in [0.25, 0.3) is 5.91 Å². The largest absolute Gasteiger partial charge is 0.356 e. The molecule has 1 aromatic heterocycles. The minimum atomic E-state index is -0.898. The first-order chi connectivity index (χ1) is 12.5. The second kappa shape index (κ2) is 6.33. The maximum absolute atomic E-state index is 13.9. The molecule has 1 amide bonds. The van der Waals surface area contributed by atoms with E-state index in [0.29, 0.717) is 41.6 Å². The van der Waals surface area contributed by atoms with Crippen LogP contribution in [0.4, 0.5) is 13.2 Å². The lowest BCUT2D eigenvalue weighted by atomic mass is 10.0. The molecule has 0 unspecified atom stereocenters. The molecular weight excluding hydrogens is 345 g/mol. The van der Waals surface area contributed by atoms with Crippen LogP contribution >= 0.6 is 0 Å². The van der Waals surface area contributed by atoms with Crippen molar-refractivity contribution in [2.24, 2.45) is 0 Å². The molecule has 3 aromatic rings. The van der Waals surface area contributed by atoms with Gasteiger partial charge in [-0.2, -0.15) is 0 Å². The highest BCUT2D eigenvalue weighted by molar-refractivity contribution is 5.94. The molecule has 7 heteroatoms. The van der Waals surface area contributed by atoms with Crippen LogP contribution < -0.4 is 0 Å². The molecule has 0 saturated carbocycles. The topological polar surface area (TPSA) is 46.3 Å². The van der Waals surface area contributed by atoms with Crippen LogP contribution in [0.1, 0.15) is 21.6 Å². The van der Waals surface area contributed by atoms with Crippen LogP contribution in [-0.2, 0) is 13.0 Å². The third-order valence-corrected chi connectivity index (χ3v) is 4.39. The summed E-state index contributed by atoms with van der Waals surface area (Å²) in [7, 11) is 0. The van der Waals surface area contributed by atoms with E-state index in [1.807, 2.05) is 0 Å². The van der Waals surface area contributed by atoms with Gasteiger partial charge in [-0.05, 0) is 36.4 Å². The molecule has 4 rings (SSSR count). The van der Waals surface area contributed by atoms with Gasteiger partial charge in [-0.25, -0.2) is 13.2 Å². The van der Waals surface area contributed by atoms with Crippen LogP contribution in [0.15, 0.2) is 47.0 Å². The van der Waals surface area contributed by atoms with Gasteiger partial charge in [0.05, 0.1) is 17.8 Å². The van der Waals surface area contributed by atoms with Crippen molar-refractivity contribution in [3.05, 3.63) is 76.7 Å². The van der Waals surface area contributed by atoms with Crippen LogP contribution in [0.2, 0.25) is 0 Å². The Morgan fingerprint density at radius 3 is 2.50 bits per heavy atom. The van der Waals surface area contributed by atoms with Gasteiger partial charge in [0.1, 0.15) is 17.5 Å². The zero-order valence-corrected chi connectivity index (χ0v) is 13.5. The molecule has 1 aliphatic rings. The van der Waals surface area contributed by atoms with Crippen LogP contribution in [0, 0.1) is 17.5 Å². The van der Waals surface area contributed by atoms with Crippen LogP contribution in [0.3, 0.4) is 0 Å². The summed E-state index contributed by atoms with van der Waals surface area (Å²) >= 11 is 0. The first-order valence-corrected chi connectivity index (χ1v) is 8.00.